The average molecular weight is 162 g/mol. The van der Waals surface area contributed by atoms with Crippen LogP contribution in [-0.4, -0.2) is 5.84 Å². The van der Waals surface area contributed by atoms with Crippen molar-refractivity contribution in [1.82, 2.24) is 0 Å². The molecule has 0 aliphatic carbocycles. The molecule has 0 aliphatic heterocycles. The highest BCUT2D eigenvalue weighted by Crippen LogP contribution is 2.11. The smallest absolute Gasteiger partial charge is 0.177 e. The van der Waals surface area contributed by atoms with Crippen LogP contribution in [0.1, 0.15) is 17.1 Å². The van der Waals surface area contributed by atoms with Gasteiger partial charge in [-0.1, -0.05) is 0 Å². The Balaban J connectivity index is 2.93. The molecule has 0 amide bonds. The molecule has 0 fully saturated rings. The van der Waals surface area contributed by atoms with Gasteiger partial charge in [0.25, 0.3) is 0 Å². The van der Waals surface area contributed by atoms with E-state index in [-0.39, 0.29) is 5.84 Å². The van der Waals surface area contributed by atoms with Crippen molar-refractivity contribution < 1.29 is 4.42 Å². The van der Waals surface area contributed by atoms with Crippen molar-refractivity contribution in [2.24, 2.45) is 5.73 Å². The third-order valence-electron chi connectivity index (χ3n) is 1.49. The van der Waals surface area contributed by atoms with Gasteiger partial charge in [-0.05, 0) is 37.3 Å². The second-order valence-electron chi connectivity index (χ2n) is 2.51. The quantitative estimate of drug-likeness (QED) is 0.342. The second kappa shape index (κ2) is 3.14. The largest absolute Gasteiger partial charge is 0.453 e. The number of rotatable bonds is 0. The molecule has 0 saturated carbocycles. The lowest BCUT2D eigenvalue weighted by atomic mass is 10.3. The van der Waals surface area contributed by atoms with Crippen LogP contribution in [0.15, 0.2) is 10.5 Å². The number of hydrogen-bond donors (Lipinski definition) is 2. The van der Waals surface area contributed by atoms with E-state index in [1.165, 1.54) is 0 Å². The van der Waals surface area contributed by atoms with E-state index >= 15 is 0 Å². The Bertz CT molecular complexity index is 346. The molecule has 0 spiro atoms. The first kappa shape index (κ1) is 8.41. The molecule has 3 nitrogen and oxygen atoms in total. The molecule has 3 N–H and O–H groups in total. The second-order valence-corrected chi connectivity index (χ2v) is 2.51. The van der Waals surface area contributed by atoms with Crippen LogP contribution < -0.4 is 5.73 Å². The van der Waals surface area contributed by atoms with Gasteiger partial charge in [0.1, 0.15) is 5.76 Å². The Morgan fingerprint density at radius 1 is 1.58 bits per heavy atom. The van der Waals surface area contributed by atoms with Crippen LogP contribution in [0, 0.1) is 31.1 Å². The van der Waals surface area contributed by atoms with Gasteiger partial charge in [-0.15, -0.1) is 0 Å². The van der Waals surface area contributed by atoms with Gasteiger partial charge in [0.2, 0.25) is 0 Å². The summed E-state index contributed by atoms with van der Waals surface area (Å²) in [7, 11) is 0. The summed E-state index contributed by atoms with van der Waals surface area (Å²) >= 11 is 0. The SMILES string of the molecule is Cc1cc(C#CC(=N)N)oc1C. The minimum absolute atomic E-state index is 0.151. The molecule has 3 heteroatoms. The van der Waals surface area contributed by atoms with Gasteiger partial charge >= 0.3 is 0 Å². The maximum Gasteiger partial charge on any atom is 0.177 e. The molecular weight excluding hydrogens is 152 g/mol. The van der Waals surface area contributed by atoms with E-state index in [1.807, 2.05) is 19.9 Å². The molecule has 12 heavy (non-hydrogen) atoms. The molecule has 0 radical (unpaired) electrons. The zero-order chi connectivity index (χ0) is 9.14. The fourth-order valence-corrected chi connectivity index (χ4v) is 0.764. The minimum atomic E-state index is -0.151. The molecule has 1 aromatic rings. The van der Waals surface area contributed by atoms with Crippen LogP contribution in [0.25, 0.3) is 0 Å². The Morgan fingerprint density at radius 2 is 2.25 bits per heavy atom. The van der Waals surface area contributed by atoms with Crippen LogP contribution in [0.2, 0.25) is 0 Å². The molecule has 1 aromatic heterocycles. The van der Waals surface area contributed by atoms with Crippen molar-refractivity contribution in [2.75, 3.05) is 0 Å². The van der Waals surface area contributed by atoms with E-state index in [4.69, 9.17) is 15.6 Å². The van der Waals surface area contributed by atoms with Crippen molar-refractivity contribution in [3.8, 4) is 11.8 Å². The number of amidine groups is 1. The number of nitrogens with one attached hydrogen (secondary N) is 1. The van der Waals surface area contributed by atoms with Crippen molar-refractivity contribution in [2.45, 2.75) is 13.8 Å². The number of aryl methyl sites for hydroxylation is 2. The van der Waals surface area contributed by atoms with Crippen LogP contribution >= 0.6 is 0 Å². The Hall–Kier alpha value is -1.69. The Kier molecular flexibility index (Phi) is 2.20. The first-order valence-electron chi connectivity index (χ1n) is 3.52. The molecule has 0 atom stereocenters. The molecular formula is C9H10N2O. The zero-order valence-corrected chi connectivity index (χ0v) is 7.06. The Labute approximate surface area is 71.1 Å². The van der Waals surface area contributed by atoms with E-state index in [2.05, 4.69) is 11.8 Å². The van der Waals surface area contributed by atoms with Crippen molar-refractivity contribution in [3.63, 3.8) is 0 Å². The molecule has 0 aliphatic rings. The Morgan fingerprint density at radius 3 is 2.67 bits per heavy atom. The molecule has 0 unspecified atom stereocenters. The van der Waals surface area contributed by atoms with E-state index in [0.29, 0.717) is 5.76 Å². The summed E-state index contributed by atoms with van der Waals surface area (Å²) in [6, 6.07) is 1.82. The number of nitrogens with two attached hydrogens (primary N) is 1. The fourth-order valence-electron chi connectivity index (χ4n) is 0.764. The molecule has 62 valence electrons. The molecule has 0 bridgehead atoms. The predicted molar refractivity (Wildman–Crippen MR) is 47.0 cm³/mol. The lowest BCUT2D eigenvalue weighted by Gasteiger charge is -1.81. The van der Waals surface area contributed by atoms with Crippen LogP contribution in [0.4, 0.5) is 0 Å². The maximum absolute atomic E-state index is 6.87. The molecule has 0 aromatic carbocycles. The first-order valence-corrected chi connectivity index (χ1v) is 3.52. The van der Waals surface area contributed by atoms with E-state index in [1.54, 1.807) is 0 Å². The van der Waals surface area contributed by atoms with Crippen LogP contribution in [0.5, 0.6) is 0 Å². The maximum atomic E-state index is 6.87. The summed E-state index contributed by atoms with van der Waals surface area (Å²) in [6.45, 7) is 3.81. The van der Waals surface area contributed by atoms with Crippen LogP contribution in [0.3, 0.4) is 0 Å². The highest BCUT2D eigenvalue weighted by atomic mass is 16.3. The van der Waals surface area contributed by atoms with E-state index in [0.717, 1.165) is 11.3 Å². The van der Waals surface area contributed by atoms with Gasteiger partial charge in [-0.3, -0.25) is 5.41 Å². The molecule has 1 heterocycles. The predicted octanol–water partition coefficient (Wildman–Crippen LogP) is 1.18. The highest BCUT2D eigenvalue weighted by molar-refractivity contribution is 5.94. The van der Waals surface area contributed by atoms with Crippen LogP contribution in [-0.2, 0) is 0 Å². The lowest BCUT2D eigenvalue weighted by molar-refractivity contribution is 0.520. The van der Waals surface area contributed by atoms with Gasteiger partial charge < -0.3 is 10.2 Å². The van der Waals surface area contributed by atoms with Crippen molar-refractivity contribution >= 4 is 5.84 Å². The standard InChI is InChI=1S/C9H10N2O/c1-6-5-8(12-7(6)2)3-4-9(10)11/h5H,1-2H3,(H3,10,11). The normalized spacial score (nSPS) is 8.83. The van der Waals surface area contributed by atoms with E-state index in [9.17, 15) is 0 Å². The summed E-state index contributed by atoms with van der Waals surface area (Å²) in [5, 5.41) is 6.87. The summed E-state index contributed by atoms with van der Waals surface area (Å²) in [5.41, 5.74) is 6.11. The highest BCUT2D eigenvalue weighted by Gasteiger charge is 1.98. The number of hydrogen-bond acceptors (Lipinski definition) is 2. The topological polar surface area (TPSA) is 63.0 Å². The van der Waals surface area contributed by atoms with Gasteiger partial charge in [0.15, 0.2) is 11.6 Å². The minimum Gasteiger partial charge on any atom is -0.453 e. The van der Waals surface area contributed by atoms with Gasteiger partial charge in [-0.25, -0.2) is 0 Å². The van der Waals surface area contributed by atoms with Gasteiger partial charge in [-0.2, -0.15) is 0 Å². The molecule has 0 saturated heterocycles. The monoisotopic (exact) mass is 162 g/mol. The van der Waals surface area contributed by atoms with Gasteiger partial charge in [0, 0.05) is 0 Å². The summed E-state index contributed by atoms with van der Waals surface area (Å²) in [5.74, 6) is 6.31. The summed E-state index contributed by atoms with van der Waals surface area (Å²) in [4.78, 5) is 0. The first-order chi connectivity index (χ1) is 5.59. The number of furan rings is 1. The van der Waals surface area contributed by atoms with Crippen molar-refractivity contribution in [3.05, 3.63) is 23.2 Å². The summed E-state index contributed by atoms with van der Waals surface area (Å²) < 4.78 is 5.24. The fraction of sp³-hybridized carbons (Fsp3) is 0.222. The average Bonchev–Trinajstić information content (AvgIpc) is 2.28. The van der Waals surface area contributed by atoms with Gasteiger partial charge in [0.05, 0.1) is 0 Å². The lowest BCUT2D eigenvalue weighted by Crippen LogP contribution is -2.04. The summed E-state index contributed by atoms with van der Waals surface area (Å²) in [6.07, 6.45) is 0. The van der Waals surface area contributed by atoms with E-state index < -0.39 is 0 Å². The third kappa shape index (κ3) is 1.89. The third-order valence-corrected chi connectivity index (χ3v) is 1.49. The molecule has 1 rings (SSSR count). The van der Waals surface area contributed by atoms with Crippen molar-refractivity contribution in [1.29, 1.82) is 5.41 Å². The zero-order valence-electron chi connectivity index (χ0n) is 7.06.